The zero-order chi connectivity index (χ0) is 26.8. The summed E-state index contributed by atoms with van der Waals surface area (Å²) in [6, 6.07) is 16.6. The summed E-state index contributed by atoms with van der Waals surface area (Å²) in [5, 5.41) is 10.5. The highest BCUT2D eigenvalue weighted by molar-refractivity contribution is 7.90. The molecule has 0 bridgehead atoms. The van der Waals surface area contributed by atoms with Gasteiger partial charge in [-0.3, -0.25) is 9.55 Å². The van der Waals surface area contributed by atoms with Gasteiger partial charge in [-0.2, -0.15) is 0 Å². The first-order valence-electron chi connectivity index (χ1n) is 12.1. The number of ether oxygens (including phenoxy) is 2. The number of imidazole rings is 1. The van der Waals surface area contributed by atoms with Crippen molar-refractivity contribution in [3.63, 3.8) is 0 Å². The summed E-state index contributed by atoms with van der Waals surface area (Å²) in [6.07, 6.45) is 2.07. The van der Waals surface area contributed by atoms with Gasteiger partial charge in [0.25, 0.3) is 0 Å². The molecular formula is C27H33N3O5SSi. The minimum atomic E-state index is -3.32. The second-order valence-electron chi connectivity index (χ2n) is 10.3. The Morgan fingerprint density at radius 1 is 1.08 bits per heavy atom. The number of hydrogen-bond donors (Lipinski definition) is 1. The predicted octanol–water partition coefficient (Wildman–Crippen LogP) is 5.66. The van der Waals surface area contributed by atoms with Crippen LogP contribution < -0.4 is 4.74 Å². The van der Waals surface area contributed by atoms with Gasteiger partial charge in [-0.1, -0.05) is 25.7 Å². The van der Waals surface area contributed by atoms with Gasteiger partial charge < -0.3 is 14.6 Å². The second-order valence-corrected chi connectivity index (χ2v) is 18.0. The fourth-order valence-corrected chi connectivity index (χ4v) is 5.21. The molecule has 2 heterocycles. The second kappa shape index (κ2) is 10.7. The van der Waals surface area contributed by atoms with Crippen LogP contribution in [0.25, 0.3) is 22.6 Å². The number of benzene rings is 2. The molecule has 1 N–H and O–H groups in total. The van der Waals surface area contributed by atoms with Crippen molar-refractivity contribution < 1.29 is 23.0 Å². The molecule has 196 valence electrons. The smallest absolute Gasteiger partial charge is 0.175 e. The minimum Gasteiger partial charge on any atom is -0.457 e. The first-order chi connectivity index (χ1) is 17.4. The van der Waals surface area contributed by atoms with Crippen molar-refractivity contribution in [2.24, 2.45) is 0 Å². The Morgan fingerprint density at radius 3 is 2.41 bits per heavy atom. The van der Waals surface area contributed by atoms with Crippen LogP contribution in [-0.2, 0) is 21.3 Å². The van der Waals surface area contributed by atoms with E-state index in [0.717, 1.165) is 17.8 Å². The van der Waals surface area contributed by atoms with Crippen LogP contribution in [0.5, 0.6) is 11.5 Å². The molecule has 0 aliphatic rings. The summed E-state index contributed by atoms with van der Waals surface area (Å²) in [6.45, 7) is 9.54. The van der Waals surface area contributed by atoms with E-state index in [2.05, 4.69) is 24.6 Å². The van der Waals surface area contributed by atoms with E-state index >= 15 is 0 Å². The molecule has 0 amide bonds. The van der Waals surface area contributed by atoms with Gasteiger partial charge in [0, 0.05) is 38.8 Å². The molecule has 4 aromatic rings. The molecule has 10 heteroatoms. The number of aliphatic hydroxyl groups excluding tert-OH is 1. The number of sulfone groups is 1. The zero-order valence-electron chi connectivity index (χ0n) is 21.8. The lowest BCUT2D eigenvalue weighted by Crippen LogP contribution is -2.22. The SMILES string of the molecule is CC(O)c1cc2nc(-c3ccccn3)n(COCC[Si](C)(C)C)c2cc1Oc1ccc(S(C)(=O)=O)cc1. The molecule has 1 atom stereocenters. The van der Waals surface area contributed by atoms with E-state index in [0.29, 0.717) is 47.4 Å². The molecule has 2 aromatic heterocycles. The highest BCUT2D eigenvalue weighted by Gasteiger charge is 2.20. The molecule has 0 aliphatic carbocycles. The number of hydrogen-bond acceptors (Lipinski definition) is 7. The number of rotatable bonds is 10. The molecule has 0 fully saturated rings. The maximum Gasteiger partial charge on any atom is 0.175 e. The number of aliphatic hydroxyl groups is 1. The number of aromatic nitrogens is 3. The van der Waals surface area contributed by atoms with Crippen molar-refractivity contribution in [2.75, 3.05) is 12.9 Å². The average Bonchev–Trinajstić information content (AvgIpc) is 3.18. The van der Waals surface area contributed by atoms with E-state index in [4.69, 9.17) is 14.5 Å². The van der Waals surface area contributed by atoms with Gasteiger partial charge in [-0.25, -0.2) is 13.4 Å². The lowest BCUT2D eigenvalue weighted by Gasteiger charge is -2.17. The number of nitrogens with zero attached hydrogens (tertiary/aromatic N) is 3. The maximum atomic E-state index is 11.8. The van der Waals surface area contributed by atoms with E-state index in [1.165, 1.54) is 12.1 Å². The molecule has 0 spiro atoms. The Labute approximate surface area is 218 Å². The van der Waals surface area contributed by atoms with Crippen LogP contribution in [0.2, 0.25) is 25.7 Å². The fourth-order valence-electron chi connectivity index (χ4n) is 3.82. The van der Waals surface area contributed by atoms with Gasteiger partial charge in [-0.15, -0.1) is 0 Å². The predicted molar refractivity (Wildman–Crippen MR) is 147 cm³/mol. The van der Waals surface area contributed by atoms with Crippen LogP contribution in [0, 0.1) is 0 Å². The van der Waals surface area contributed by atoms with Crippen LogP contribution in [0.4, 0.5) is 0 Å². The molecule has 0 saturated carbocycles. The molecule has 1 unspecified atom stereocenters. The summed E-state index contributed by atoms with van der Waals surface area (Å²) >= 11 is 0. The quantitative estimate of drug-likeness (QED) is 0.205. The summed E-state index contributed by atoms with van der Waals surface area (Å²) < 4.78 is 37.8. The number of pyridine rings is 1. The van der Waals surface area contributed by atoms with Gasteiger partial charge in [0.15, 0.2) is 15.7 Å². The van der Waals surface area contributed by atoms with E-state index in [-0.39, 0.29) is 4.90 Å². The van der Waals surface area contributed by atoms with Gasteiger partial charge in [0.05, 0.1) is 22.0 Å². The Hall–Kier alpha value is -3.05. The van der Waals surface area contributed by atoms with Crippen molar-refractivity contribution in [1.29, 1.82) is 0 Å². The normalized spacial score (nSPS) is 13.1. The van der Waals surface area contributed by atoms with Crippen molar-refractivity contribution in [2.45, 2.75) is 50.3 Å². The molecule has 0 radical (unpaired) electrons. The van der Waals surface area contributed by atoms with Gasteiger partial charge in [0.2, 0.25) is 0 Å². The van der Waals surface area contributed by atoms with Crippen LogP contribution in [0.1, 0.15) is 18.6 Å². The van der Waals surface area contributed by atoms with Crippen molar-refractivity contribution in [1.82, 2.24) is 14.5 Å². The lowest BCUT2D eigenvalue weighted by molar-refractivity contribution is 0.0909. The van der Waals surface area contributed by atoms with Crippen LogP contribution in [0.15, 0.2) is 65.7 Å². The molecule has 8 nitrogen and oxygen atoms in total. The molecule has 4 rings (SSSR count). The van der Waals surface area contributed by atoms with E-state index in [1.54, 1.807) is 25.3 Å². The van der Waals surface area contributed by atoms with Crippen LogP contribution in [0.3, 0.4) is 0 Å². The third-order valence-electron chi connectivity index (χ3n) is 5.92. The molecular weight excluding hydrogens is 506 g/mol. The van der Waals surface area contributed by atoms with Crippen molar-refractivity contribution in [3.8, 4) is 23.0 Å². The summed E-state index contributed by atoms with van der Waals surface area (Å²) in [4.78, 5) is 9.53. The largest absolute Gasteiger partial charge is 0.457 e. The Kier molecular flexibility index (Phi) is 7.84. The topological polar surface area (TPSA) is 104 Å². The Bertz CT molecular complexity index is 1480. The van der Waals surface area contributed by atoms with E-state index in [1.807, 2.05) is 34.9 Å². The fraction of sp³-hybridized carbons (Fsp3) is 0.333. The first-order valence-corrected chi connectivity index (χ1v) is 17.7. The van der Waals surface area contributed by atoms with E-state index < -0.39 is 24.0 Å². The van der Waals surface area contributed by atoms with Crippen molar-refractivity contribution in [3.05, 3.63) is 66.4 Å². The van der Waals surface area contributed by atoms with Crippen LogP contribution >= 0.6 is 0 Å². The van der Waals surface area contributed by atoms with Gasteiger partial charge in [0.1, 0.15) is 23.9 Å². The highest BCUT2D eigenvalue weighted by Crippen LogP contribution is 2.36. The Balaban J connectivity index is 1.76. The first kappa shape index (κ1) is 27.0. The van der Waals surface area contributed by atoms with Crippen LogP contribution in [-0.4, -0.2) is 49.0 Å². The lowest BCUT2D eigenvalue weighted by atomic mass is 10.1. The van der Waals surface area contributed by atoms with Gasteiger partial charge >= 0.3 is 0 Å². The third-order valence-corrected chi connectivity index (χ3v) is 8.75. The molecule has 0 aliphatic heterocycles. The zero-order valence-corrected chi connectivity index (χ0v) is 23.6. The van der Waals surface area contributed by atoms with Crippen molar-refractivity contribution >= 4 is 28.9 Å². The summed E-state index contributed by atoms with van der Waals surface area (Å²) in [7, 11) is -4.56. The Morgan fingerprint density at radius 2 is 1.81 bits per heavy atom. The van der Waals surface area contributed by atoms with E-state index in [9.17, 15) is 13.5 Å². The maximum absolute atomic E-state index is 11.8. The molecule has 0 saturated heterocycles. The highest BCUT2D eigenvalue weighted by atomic mass is 32.2. The average molecular weight is 540 g/mol. The molecule has 2 aromatic carbocycles. The number of fused-ring (bicyclic) bond motifs is 1. The monoisotopic (exact) mass is 539 g/mol. The summed E-state index contributed by atoms with van der Waals surface area (Å²) in [5.74, 6) is 1.57. The standard InChI is InChI=1S/C27H33N3O5SSi/c1-19(31)22-16-24-25(17-26(22)35-20-9-11-21(12-10-20)36(2,32)33)30(18-34-14-15-37(3,4)5)27(29-24)23-8-6-7-13-28-23/h6-13,16-17,19,31H,14-15,18H2,1-5H3. The summed E-state index contributed by atoms with van der Waals surface area (Å²) in [5.41, 5.74) is 2.74. The minimum absolute atomic E-state index is 0.208. The third kappa shape index (κ3) is 6.64. The molecule has 37 heavy (non-hydrogen) atoms. The van der Waals surface area contributed by atoms with Gasteiger partial charge in [-0.05, 0) is 55.4 Å².